The van der Waals surface area contributed by atoms with Gasteiger partial charge in [-0.3, -0.25) is 9.78 Å². The summed E-state index contributed by atoms with van der Waals surface area (Å²) in [7, 11) is 0. The summed E-state index contributed by atoms with van der Waals surface area (Å²) in [4.78, 5) is 19.9. The SMILES string of the molecule is O=C1NCc2c(Cl)ccc(-c3cc4cc(CNCCc5cccnc5)ccc4[nH]3)c21. The van der Waals surface area contributed by atoms with Crippen LogP contribution in [0.5, 0.6) is 0 Å². The number of aromatic nitrogens is 2. The van der Waals surface area contributed by atoms with Crippen molar-refractivity contribution in [1.29, 1.82) is 0 Å². The molecule has 1 aliphatic heterocycles. The van der Waals surface area contributed by atoms with Gasteiger partial charge in [0, 0.05) is 58.2 Å². The van der Waals surface area contributed by atoms with E-state index in [1.165, 1.54) is 11.1 Å². The highest BCUT2D eigenvalue weighted by atomic mass is 35.5. The molecule has 0 saturated carbocycles. The van der Waals surface area contributed by atoms with E-state index in [4.69, 9.17) is 11.6 Å². The average Bonchev–Trinajstić information content (AvgIpc) is 3.36. The number of hydrogen-bond acceptors (Lipinski definition) is 3. The van der Waals surface area contributed by atoms with Crippen molar-refractivity contribution in [1.82, 2.24) is 20.6 Å². The number of pyridine rings is 1. The molecule has 4 aromatic rings. The minimum atomic E-state index is -0.0698. The van der Waals surface area contributed by atoms with Gasteiger partial charge in [-0.05, 0) is 54.4 Å². The number of nitrogens with one attached hydrogen (secondary N) is 3. The van der Waals surface area contributed by atoms with Crippen LogP contribution in [0.3, 0.4) is 0 Å². The smallest absolute Gasteiger partial charge is 0.252 e. The molecular weight excluding hydrogens is 396 g/mol. The Hall–Kier alpha value is -3.15. The monoisotopic (exact) mass is 416 g/mol. The molecule has 0 fully saturated rings. The Labute approximate surface area is 179 Å². The molecule has 3 heterocycles. The fourth-order valence-corrected chi connectivity index (χ4v) is 4.21. The summed E-state index contributed by atoms with van der Waals surface area (Å²) in [5, 5.41) is 8.12. The first-order valence-corrected chi connectivity index (χ1v) is 10.4. The molecule has 0 radical (unpaired) electrons. The van der Waals surface area contributed by atoms with Gasteiger partial charge in [0.25, 0.3) is 5.91 Å². The quantitative estimate of drug-likeness (QED) is 0.406. The number of carbonyl (C=O) groups is 1. The molecule has 5 rings (SSSR count). The first-order chi connectivity index (χ1) is 14.7. The van der Waals surface area contributed by atoms with Gasteiger partial charge in [-0.15, -0.1) is 0 Å². The van der Waals surface area contributed by atoms with Gasteiger partial charge in [0.05, 0.1) is 5.56 Å². The topological polar surface area (TPSA) is 69.8 Å². The first kappa shape index (κ1) is 18.9. The van der Waals surface area contributed by atoms with Gasteiger partial charge in [-0.1, -0.05) is 29.8 Å². The van der Waals surface area contributed by atoms with Crippen molar-refractivity contribution in [3.8, 4) is 11.3 Å². The van der Waals surface area contributed by atoms with E-state index in [9.17, 15) is 4.79 Å². The van der Waals surface area contributed by atoms with Crippen LogP contribution in [0.15, 0.2) is 60.9 Å². The molecule has 6 heteroatoms. The number of hydrogen-bond donors (Lipinski definition) is 3. The van der Waals surface area contributed by atoms with E-state index in [2.05, 4.69) is 50.9 Å². The van der Waals surface area contributed by atoms with Crippen molar-refractivity contribution < 1.29 is 4.79 Å². The van der Waals surface area contributed by atoms with Gasteiger partial charge in [0.15, 0.2) is 0 Å². The summed E-state index contributed by atoms with van der Waals surface area (Å²) in [6.07, 6.45) is 4.65. The molecule has 2 aromatic heterocycles. The zero-order chi connectivity index (χ0) is 20.5. The second-order valence-corrected chi connectivity index (χ2v) is 7.93. The fourth-order valence-electron chi connectivity index (χ4n) is 3.98. The van der Waals surface area contributed by atoms with Crippen molar-refractivity contribution in [3.05, 3.63) is 88.2 Å². The van der Waals surface area contributed by atoms with Gasteiger partial charge >= 0.3 is 0 Å². The van der Waals surface area contributed by atoms with E-state index in [-0.39, 0.29) is 5.91 Å². The normalized spacial score (nSPS) is 12.9. The number of halogens is 1. The van der Waals surface area contributed by atoms with Crippen LogP contribution in [0.25, 0.3) is 22.2 Å². The Morgan fingerprint density at radius 2 is 2.03 bits per heavy atom. The average molecular weight is 417 g/mol. The summed E-state index contributed by atoms with van der Waals surface area (Å²) in [5.74, 6) is -0.0698. The molecule has 1 aliphatic rings. The third-order valence-electron chi connectivity index (χ3n) is 5.53. The van der Waals surface area contributed by atoms with Crippen LogP contribution in [-0.2, 0) is 19.5 Å². The maximum Gasteiger partial charge on any atom is 0.252 e. The Kier molecular flexibility index (Phi) is 4.99. The molecule has 0 bridgehead atoms. The van der Waals surface area contributed by atoms with Gasteiger partial charge in [0.1, 0.15) is 0 Å². The fraction of sp³-hybridized carbons (Fsp3) is 0.167. The molecule has 0 aliphatic carbocycles. The lowest BCUT2D eigenvalue weighted by Crippen LogP contribution is -2.16. The summed E-state index contributed by atoms with van der Waals surface area (Å²) < 4.78 is 0. The largest absolute Gasteiger partial charge is 0.355 e. The molecule has 0 spiro atoms. The standard InChI is InChI=1S/C24H21ClN4O/c25-20-5-4-18(23-19(20)14-28-24(23)30)22-11-17-10-16(3-6-21(17)29-22)13-27-9-7-15-2-1-8-26-12-15/h1-6,8,10-12,27,29H,7,9,13-14H2,(H,28,30). The summed E-state index contributed by atoms with van der Waals surface area (Å²) in [6, 6.07) is 16.3. The minimum absolute atomic E-state index is 0.0698. The van der Waals surface area contributed by atoms with Gasteiger partial charge in [0.2, 0.25) is 0 Å². The van der Waals surface area contributed by atoms with Gasteiger partial charge in [-0.25, -0.2) is 0 Å². The third kappa shape index (κ3) is 3.58. The van der Waals surface area contributed by atoms with Crippen LogP contribution in [0, 0.1) is 0 Å². The van der Waals surface area contributed by atoms with Crippen LogP contribution in [0.2, 0.25) is 5.02 Å². The number of benzene rings is 2. The molecular formula is C24H21ClN4O. The van der Waals surface area contributed by atoms with E-state index >= 15 is 0 Å². The molecule has 0 saturated heterocycles. The van der Waals surface area contributed by atoms with Crippen molar-refractivity contribution >= 4 is 28.4 Å². The van der Waals surface area contributed by atoms with E-state index in [0.29, 0.717) is 17.1 Å². The van der Waals surface area contributed by atoms with Crippen LogP contribution in [0.1, 0.15) is 27.0 Å². The molecule has 3 N–H and O–H groups in total. The highest BCUT2D eigenvalue weighted by Gasteiger charge is 2.26. The molecule has 2 aromatic carbocycles. The zero-order valence-corrected chi connectivity index (χ0v) is 17.1. The Bertz CT molecular complexity index is 1230. The number of amides is 1. The molecule has 5 nitrogen and oxygen atoms in total. The van der Waals surface area contributed by atoms with Crippen molar-refractivity contribution in [2.75, 3.05) is 6.54 Å². The molecule has 0 unspecified atom stereocenters. The number of aromatic amines is 1. The lowest BCUT2D eigenvalue weighted by molar-refractivity contribution is 0.0966. The third-order valence-corrected chi connectivity index (χ3v) is 5.88. The van der Waals surface area contributed by atoms with Crippen LogP contribution < -0.4 is 10.6 Å². The van der Waals surface area contributed by atoms with Crippen molar-refractivity contribution in [2.45, 2.75) is 19.5 Å². The first-order valence-electron chi connectivity index (χ1n) is 10.0. The summed E-state index contributed by atoms with van der Waals surface area (Å²) >= 11 is 6.28. The van der Waals surface area contributed by atoms with Crippen molar-refractivity contribution in [2.24, 2.45) is 0 Å². The maximum absolute atomic E-state index is 12.3. The Balaban J connectivity index is 1.34. The molecule has 0 atom stereocenters. The second-order valence-electron chi connectivity index (χ2n) is 7.52. The van der Waals surface area contributed by atoms with Gasteiger partial charge in [-0.2, -0.15) is 0 Å². The highest BCUT2D eigenvalue weighted by molar-refractivity contribution is 6.32. The molecule has 30 heavy (non-hydrogen) atoms. The van der Waals surface area contributed by atoms with Crippen LogP contribution >= 0.6 is 11.6 Å². The number of H-pyrrole nitrogens is 1. The van der Waals surface area contributed by atoms with Gasteiger partial charge < -0.3 is 15.6 Å². The predicted octanol–water partition coefficient (Wildman–Crippen LogP) is 4.46. The van der Waals surface area contributed by atoms with E-state index in [1.807, 2.05) is 24.4 Å². The minimum Gasteiger partial charge on any atom is -0.355 e. The van der Waals surface area contributed by atoms with E-state index < -0.39 is 0 Å². The highest BCUT2D eigenvalue weighted by Crippen LogP contribution is 2.34. The number of carbonyl (C=O) groups excluding carboxylic acids is 1. The predicted molar refractivity (Wildman–Crippen MR) is 120 cm³/mol. The van der Waals surface area contributed by atoms with Crippen LogP contribution in [0.4, 0.5) is 0 Å². The maximum atomic E-state index is 12.3. The molecule has 150 valence electrons. The van der Waals surface area contributed by atoms with Crippen molar-refractivity contribution in [3.63, 3.8) is 0 Å². The summed E-state index contributed by atoms with van der Waals surface area (Å²) in [5.41, 5.74) is 6.86. The number of nitrogens with zero attached hydrogens (tertiary/aromatic N) is 1. The summed E-state index contributed by atoms with van der Waals surface area (Å²) in [6.45, 7) is 2.18. The second kappa shape index (κ2) is 7.94. The van der Waals surface area contributed by atoms with E-state index in [1.54, 1.807) is 6.20 Å². The van der Waals surface area contributed by atoms with E-state index in [0.717, 1.165) is 47.2 Å². The number of fused-ring (bicyclic) bond motifs is 2. The Morgan fingerprint density at radius 3 is 2.90 bits per heavy atom. The lowest BCUT2D eigenvalue weighted by atomic mass is 10.0. The Morgan fingerprint density at radius 1 is 1.10 bits per heavy atom. The van der Waals surface area contributed by atoms with Crippen LogP contribution in [-0.4, -0.2) is 22.4 Å². The lowest BCUT2D eigenvalue weighted by Gasteiger charge is -2.06. The number of rotatable bonds is 6. The zero-order valence-electron chi connectivity index (χ0n) is 16.3. The molecule has 1 amide bonds.